The van der Waals surface area contributed by atoms with Gasteiger partial charge in [-0.25, -0.2) is 13.1 Å². The minimum absolute atomic E-state index is 0.0916. The van der Waals surface area contributed by atoms with Crippen LogP contribution >= 0.6 is 0 Å². The standard InChI is InChI=1S/C16H15N5O4S/c1-11-13(3-2-4-14(11)21-10-17-19-20-21)18-26(22,23)12-5-6-15-16(9-12)25-8-7-24-15/h2-6,9-10,18H,7-8H2,1H3. The van der Waals surface area contributed by atoms with E-state index in [1.54, 1.807) is 31.2 Å². The second kappa shape index (κ2) is 6.30. The molecule has 0 spiro atoms. The summed E-state index contributed by atoms with van der Waals surface area (Å²) in [4.78, 5) is 0.0916. The van der Waals surface area contributed by atoms with Crippen LogP contribution in [0.4, 0.5) is 5.69 Å². The molecule has 0 radical (unpaired) electrons. The lowest BCUT2D eigenvalue weighted by Crippen LogP contribution is -2.18. The highest BCUT2D eigenvalue weighted by atomic mass is 32.2. The van der Waals surface area contributed by atoms with E-state index in [0.717, 1.165) is 0 Å². The maximum absolute atomic E-state index is 12.8. The van der Waals surface area contributed by atoms with E-state index in [4.69, 9.17) is 9.47 Å². The van der Waals surface area contributed by atoms with Crippen LogP contribution in [0.5, 0.6) is 11.5 Å². The normalized spacial score (nSPS) is 13.4. The number of hydrogen-bond donors (Lipinski definition) is 1. The molecule has 0 atom stereocenters. The Morgan fingerprint density at radius 3 is 2.69 bits per heavy atom. The Balaban J connectivity index is 1.67. The van der Waals surface area contributed by atoms with Crippen LogP contribution in [-0.2, 0) is 10.0 Å². The molecule has 1 aliphatic rings. The van der Waals surface area contributed by atoms with Crippen molar-refractivity contribution >= 4 is 15.7 Å². The number of fused-ring (bicyclic) bond motifs is 1. The fourth-order valence-electron chi connectivity index (χ4n) is 2.65. The Kier molecular flexibility index (Phi) is 3.96. The van der Waals surface area contributed by atoms with Crippen molar-refractivity contribution < 1.29 is 17.9 Å². The van der Waals surface area contributed by atoms with Crippen molar-refractivity contribution in [2.24, 2.45) is 0 Å². The van der Waals surface area contributed by atoms with Gasteiger partial charge in [0.25, 0.3) is 10.0 Å². The minimum atomic E-state index is -3.80. The molecule has 0 fully saturated rings. The third-order valence-corrected chi connectivity index (χ3v) is 5.33. The summed E-state index contributed by atoms with van der Waals surface area (Å²) in [7, 11) is -3.80. The van der Waals surface area contributed by atoms with Crippen molar-refractivity contribution in [1.29, 1.82) is 0 Å². The highest BCUT2D eigenvalue weighted by Crippen LogP contribution is 2.33. The average molecular weight is 373 g/mol. The average Bonchev–Trinajstić information content (AvgIpc) is 3.17. The van der Waals surface area contributed by atoms with Crippen molar-refractivity contribution in [2.75, 3.05) is 17.9 Å². The summed E-state index contributed by atoms with van der Waals surface area (Å²) in [6, 6.07) is 9.74. The van der Waals surface area contributed by atoms with Gasteiger partial charge in [-0.1, -0.05) is 6.07 Å². The molecule has 1 N–H and O–H groups in total. The van der Waals surface area contributed by atoms with Crippen molar-refractivity contribution in [3.8, 4) is 17.2 Å². The molecule has 3 aromatic rings. The lowest BCUT2D eigenvalue weighted by Gasteiger charge is -2.19. The van der Waals surface area contributed by atoms with Gasteiger partial charge in [-0.2, -0.15) is 0 Å². The first-order valence-corrected chi connectivity index (χ1v) is 9.28. The molecular formula is C16H15N5O4S. The van der Waals surface area contributed by atoms with E-state index in [1.807, 2.05) is 0 Å². The molecule has 26 heavy (non-hydrogen) atoms. The van der Waals surface area contributed by atoms with E-state index in [9.17, 15) is 8.42 Å². The van der Waals surface area contributed by atoms with Gasteiger partial charge in [0.05, 0.1) is 16.3 Å². The molecule has 0 saturated carbocycles. The van der Waals surface area contributed by atoms with Crippen LogP contribution in [-0.4, -0.2) is 41.8 Å². The summed E-state index contributed by atoms with van der Waals surface area (Å²) in [6.07, 6.45) is 1.45. The maximum atomic E-state index is 12.8. The molecule has 1 aromatic heterocycles. The van der Waals surface area contributed by atoms with Gasteiger partial charge in [-0.3, -0.25) is 4.72 Å². The van der Waals surface area contributed by atoms with Crippen LogP contribution in [0.3, 0.4) is 0 Å². The second-order valence-corrected chi connectivity index (χ2v) is 7.30. The predicted molar refractivity (Wildman–Crippen MR) is 92.1 cm³/mol. The molecule has 0 saturated heterocycles. The predicted octanol–water partition coefficient (Wildman–Crippen LogP) is 1.54. The van der Waals surface area contributed by atoms with E-state index in [2.05, 4.69) is 20.2 Å². The number of anilines is 1. The van der Waals surface area contributed by atoms with E-state index in [0.29, 0.717) is 41.7 Å². The van der Waals surface area contributed by atoms with Gasteiger partial charge in [-0.05, 0) is 47.2 Å². The molecule has 2 heterocycles. The van der Waals surface area contributed by atoms with Gasteiger partial charge in [0, 0.05) is 6.07 Å². The largest absolute Gasteiger partial charge is 0.486 e. The van der Waals surface area contributed by atoms with Gasteiger partial charge in [0.1, 0.15) is 19.5 Å². The number of nitrogens with zero attached hydrogens (tertiary/aromatic N) is 4. The number of tetrazole rings is 1. The molecular weight excluding hydrogens is 358 g/mol. The van der Waals surface area contributed by atoms with Gasteiger partial charge in [0.15, 0.2) is 11.5 Å². The lowest BCUT2D eigenvalue weighted by molar-refractivity contribution is 0.171. The fraction of sp³-hybridized carbons (Fsp3) is 0.188. The number of ether oxygens (including phenoxy) is 2. The smallest absolute Gasteiger partial charge is 0.262 e. The van der Waals surface area contributed by atoms with Crippen LogP contribution in [0.1, 0.15) is 5.56 Å². The molecule has 2 aromatic carbocycles. The molecule has 10 heteroatoms. The molecule has 4 rings (SSSR count). The van der Waals surface area contributed by atoms with E-state index < -0.39 is 10.0 Å². The highest BCUT2D eigenvalue weighted by molar-refractivity contribution is 7.92. The number of aromatic nitrogens is 4. The van der Waals surface area contributed by atoms with Gasteiger partial charge in [0.2, 0.25) is 0 Å². The number of rotatable bonds is 4. The highest BCUT2D eigenvalue weighted by Gasteiger charge is 2.20. The molecule has 1 aliphatic heterocycles. The Bertz CT molecular complexity index is 1050. The summed E-state index contributed by atoms with van der Waals surface area (Å²) in [5.41, 5.74) is 1.81. The zero-order chi connectivity index (χ0) is 18.1. The number of sulfonamides is 1. The molecule has 0 aliphatic carbocycles. The van der Waals surface area contributed by atoms with Crippen molar-refractivity contribution in [1.82, 2.24) is 20.2 Å². The molecule has 0 unspecified atom stereocenters. The molecule has 134 valence electrons. The molecule has 9 nitrogen and oxygen atoms in total. The number of benzene rings is 2. The van der Waals surface area contributed by atoms with Crippen LogP contribution in [0, 0.1) is 6.92 Å². The zero-order valence-electron chi connectivity index (χ0n) is 13.8. The van der Waals surface area contributed by atoms with E-state index >= 15 is 0 Å². The maximum Gasteiger partial charge on any atom is 0.262 e. The monoisotopic (exact) mass is 373 g/mol. The topological polar surface area (TPSA) is 108 Å². The van der Waals surface area contributed by atoms with Crippen LogP contribution in [0.25, 0.3) is 5.69 Å². The first kappa shape index (κ1) is 16.3. The van der Waals surface area contributed by atoms with Crippen LogP contribution < -0.4 is 14.2 Å². The van der Waals surface area contributed by atoms with Crippen molar-refractivity contribution in [3.63, 3.8) is 0 Å². The fourth-order valence-corrected chi connectivity index (χ4v) is 3.79. The Hall–Kier alpha value is -3.14. The van der Waals surface area contributed by atoms with Crippen molar-refractivity contribution in [3.05, 3.63) is 48.3 Å². The van der Waals surface area contributed by atoms with Gasteiger partial charge < -0.3 is 9.47 Å². The summed E-state index contributed by atoms with van der Waals surface area (Å²) >= 11 is 0. The summed E-state index contributed by atoms with van der Waals surface area (Å²) in [6.45, 7) is 2.62. The second-order valence-electron chi connectivity index (χ2n) is 5.62. The molecule has 0 amide bonds. The summed E-state index contributed by atoms with van der Waals surface area (Å²) < 4.78 is 40.5. The number of nitrogens with one attached hydrogen (secondary N) is 1. The number of hydrogen-bond acceptors (Lipinski definition) is 7. The molecule has 0 bridgehead atoms. The zero-order valence-corrected chi connectivity index (χ0v) is 14.6. The van der Waals surface area contributed by atoms with Crippen molar-refractivity contribution in [2.45, 2.75) is 11.8 Å². The Morgan fingerprint density at radius 2 is 1.92 bits per heavy atom. The Labute approximate surface area is 149 Å². The van der Waals surface area contributed by atoms with E-state index in [-0.39, 0.29) is 4.90 Å². The lowest BCUT2D eigenvalue weighted by atomic mass is 10.1. The van der Waals surface area contributed by atoms with Gasteiger partial charge >= 0.3 is 0 Å². The first-order chi connectivity index (χ1) is 12.5. The summed E-state index contributed by atoms with van der Waals surface area (Å²) in [5.74, 6) is 0.949. The third-order valence-electron chi connectivity index (χ3n) is 3.97. The van der Waals surface area contributed by atoms with Crippen LogP contribution in [0.15, 0.2) is 47.6 Å². The van der Waals surface area contributed by atoms with Crippen LogP contribution in [0.2, 0.25) is 0 Å². The summed E-state index contributed by atoms with van der Waals surface area (Å²) in [5, 5.41) is 11.0. The minimum Gasteiger partial charge on any atom is -0.486 e. The SMILES string of the molecule is Cc1c(NS(=O)(=O)c2ccc3c(c2)OCCO3)cccc1-n1cnnn1. The Morgan fingerprint density at radius 1 is 1.12 bits per heavy atom. The third kappa shape index (κ3) is 2.94. The first-order valence-electron chi connectivity index (χ1n) is 7.80. The van der Waals surface area contributed by atoms with E-state index in [1.165, 1.54) is 23.1 Å². The quantitative estimate of drug-likeness (QED) is 0.739. The van der Waals surface area contributed by atoms with Gasteiger partial charge in [-0.15, -0.1) is 5.10 Å².